The Morgan fingerprint density at radius 3 is 2.43 bits per heavy atom. The predicted molar refractivity (Wildman–Crippen MR) is 85.6 cm³/mol. The van der Waals surface area contributed by atoms with Crippen molar-refractivity contribution in [2.45, 2.75) is 18.9 Å². The molecule has 1 aromatic carbocycles. The molecule has 3 rings (SSSR count). The van der Waals surface area contributed by atoms with Gasteiger partial charge in [-0.25, -0.2) is 4.98 Å². The van der Waals surface area contributed by atoms with E-state index in [1.165, 1.54) is 0 Å². The van der Waals surface area contributed by atoms with Crippen molar-refractivity contribution in [1.29, 1.82) is 0 Å². The minimum Gasteiger partial charge on any atom is -0.388 e. The van der Waals surface area contributed by atoms with Gasteiger partial charge in [0, 0.05) is 24.3 Å². The van der Waals surface area contributed by atoms with E-state index in [0.29, 0.717) is 10.9 Å². The summed E-state index contributed by atoms with van der Waals surface area (Å²) in [7, 11) is 0. The maximum atomic E-state index is 10.5. The minimum absolute atomic E-state index is 0.297. The van der Waals surface area contributed by atoms with Gasteiger partial charge in [-0.3, -0.25) is 0 Å². The molecule has 1 N–H and O–H groups in total. The first-order valence-corrected chi connectivity index (χ1v) is 7.71. The Hall–Kier alpha value is -1.58. The van der Waals surface area contributed by atoms with E-state index in [9.17, 15) is 5.11 Å². The molecule has 4 heteroatoms. The first kappa shape index (κ1) is 14.4. The highest BCUT2D eigenvalue weighted by Crippen LogP contribution is 2.32. The van der Waals surface area contributed by atoms with Crippen molar-refractivity contribution in [2.24, 2.45) is 5.92 Å². The van der Waals surface area contributed by atoms with Crippen LogP contribution in [0.25, 0.3) is 0 Å². The lowest BCUT2D eigenvalue weighted by Crippen LogP contribution is -2.36. The Balaban J connectivity index is 1.61. The van der Waals surface area contributed by atoms with E-state index >= 15 is 0 Å². The fourth-order valence-electron chi connectivity index (χ4n) is 2.92. The number of aliphatic hydroxyl groups excluding tert-OH is 1. The zero-order valence-corrected chi connectivity index (χ0v) is 12.6. The molecule has 0 radical (unpaired) electrons. The highest BCUT2D eigenvalue weighted by atomic mass is 35.5. The Labute approximate surface area is 130 Å². The van der Waals surface area contributed by atoms with Gasteiger partial charge in [-0.05, 0) is 48.6 Å². The van der Waals surface area contributed by atoms with E-state index in [0.717, 1.165) is 37.3 Å². The number of aromatic nitrogens is 1. The molecule has 2 heterocycles. The van der Waals surface area contributed by atoms with Crippen molar-refractivity contribution in [1.82, 2.24) is 4.98 Å². The molecule has 1 fully saturated rings. The summed E-state index contributed by atoms with van der Waals surface area (Å²) in [5.41, 5.74) is 0.954. The summed E-state index contributed by atoms with van der Waals surface area (Å²) < 4.78 is 0. The molecule has 1 atom stereocenters. The van der Waals surface area contributed by atoms with Crippen LogP contribution in [-0.4, -0.2) is 23.2 Å². The molecule has 2 aromatic rings. The van der Waals surface area contributed by atoms with E-state index in [1.807, 2.05) is 48.7 Å². The summed E-state index contributed by atoms with van der Waals surface area (Å²) in [6.07, 6.45) is 3.36. The van der Waals surface area contributed by atoms with Crippen LogP contribution in [0.2, 0.25) is 5.02 Å². The van der Waals surface area contributed by atoms with Crippen LogP contribution in [0.15, 0.2) is 48.7 Å². The number of rotatable bonds is 3. The molecule has 0 aliphatic carbocycles. The highest BCUT2D eigenvalue weighted by molar-refractivity contribution is 6.30. The van der Waals surface area contributed by atoms with E-state index in [4.69, 9.17) is 11.6 Å². The van der Waals surface area contributed by atoms with Crippen molar-refractivity contribution >= 4 is 17.4 Å². The number of aliphatic hydroxyl groups is 1. The number of nitrogens with zero attached hydrogens (tertiary/aromatic N) is 2. The fourth-order valence-corrected chi connectivity index (χ4v) is 3.04. The van der Waals surface area contributed by atoms with Crippen LogP contribution in [0.3, 0.4) is 0 Å². The van der Waals surface area contributed by atoms with Crippen LogP contribution >= 0.6 is 11.6 Å². The normalized spacial score (nSPS) is 17.7. The molecule has 0 amide bonds. The summed E-state index contributed by atoms with van der Waals surface area (Å²) >= 11 is 5.89. The second-order valence-electron chi connectivity index (χ2n) is 5.51. The van der Waals surface area contributed by atoms with Crippen molar-refractivity contribution in [3.05, 3.63) is 59.2 Å². The smallest absolute Gasteiger partial charge is 0.128 e. The van der Waals surface area contributed by atoms with E-state index < -0.39 is 6.10 Å². The molecule has 0 saturated carbocycles. The second-order valence-corrected chi connectivity index (χ2v) is 5.95. The number of hydrogen-bond acceptors (Lipinski definition) is 3. The molecule has 1 aromatic heterocycles. The molecule has 3 nitrogen and oxygen atoms in total. The molecular formula is C17H19ClN2O. The summed E-state index contributed by atoms with van der Waals surface area (Å²) in [4.78, 5) is 6.67. The quantitative estimate of drug-likeness (QED) is 0.939. The third-order valence-corrected chi connectivity index (χ3v) is 4.42. The lowest BCUT2D eigenvalue weighted by molar-refractivity contribution is 0.0929. The number of halogens is 1. The first-order valence-electron chi connectivity index (χ1n) is 7.33. The lowest BCUT2D eigenvalue weighted by Gasteiger charge is -2.35. The summed E-state index contributed by atoms with van der Waals surface area (Å²) in [6, 6.07) is 13.5. The molecule has 0 unspecified atom stereocenters. The molecule has 21 heavy (non-hydrogen) atoms. The maximum Gasteiger partial charge on any atom is 0.128 e. The first-order chi connectivity index (χ1) is 10.2. The minimum atomic E-state index is -0.409. The molecule has 110 valence electrons. The zero-order chi connectivity index (χ0) is 14.7. The van der Waals surface area contributed by atoms with Crippen molar-refractivity contribution in [3.63, 3.8) is 0 Å². The van der Waals surface area contributed by atoms with E-state index in [-0.39, 0.29) is 0 Å². The van der Waals surface area contributed by atoms with Crippen molar-refractivity contribution in [2.75, 3.05) is 18.0 Å². The molecule has 0 bridgehead atoms. The average molecular weight is 303 g/mol. The summed E-state index contributed by atoms with van der Waals surface area (Å²) in [6.45, 7) is 1.87. The van der Waals surface area contributed by atoms with E-state index in [1.54, 1.807) is 0 Å². The van der Waals surface area contributed by atoms with Gasteiger partial charge in [0.05, 0.1) is 6.10 Å². The monoisotopic (exact) mass is 302 g/mol. The average Bonchev–Trinajstić information content (AvgIpc) is 2.56. The van der Waals surface area contributed by atoms with Gasteiger partial charge in [-0.2, -0.15) is 0 Å². The van der Waals surface area contributed by atoms with E-state index in [2.05, 4.69) is 9.88 Å². The lowest BCUT2D eigenvalue weighted by atomic mass is 9.87. The molecule has 1 aliphatic heterocycles. The number of piperidine rings is 1. The van der Waals surface area contributed by atoms with Crippen LogP contribution in [0.5, 0.6) is 0 Å². The molecular weight excluding hydrogens is 284 g/mol. The van der Waals surface area contributed by atoms with Gasteiger partial charge in [-0.1, -0.05) is 29.8 Å². The second kappa shape index (κ2) is 6.46. The standard InChI is InChI=1S/C17H19ClN2O/c18-15-6-4-13(5-7-15)17(21)14-8-11-20(12-9-14)16-3-1-2-10-19-16/h1-7,10,14,17,21H,8-9,11-12H2/t17-/m0/s1. The van der Waals surface area contributed by atoms with Crippen LogP contribution in [0.1, 0.15) is 24.5 Å². The van der Waals surface area contributed by atoms with Gasteiger partial charge in [-0.15, -0.1) is 0 Å². The van der Waals surface area contributed by atoms with Gasteiger partial charge in [0.1, 0.15) is 5.82 Å². The number of benzene rings is 1. The van der Waals surface area contributed by atoms with Crippen LogP contribution in [0.4, 0.5) is 5.82 Å². The van der Waals surface area contributed by atoms with Gasteiger partial charge < -0.3 is 10.0 Å². The summed E-state index contributed by atoms with van der Waals surface area (Å²) in [5.74, 6) is 1.32. The molecule has 0 spiro atoms. The van der Waals surface area contributed by atoms with Crippen molar-refractivity contribution < 1.29 is 5.11 Å². The maximum absolute atomic E-state index is 10.5. The molecule has 1 saturated heterocycles. The SMILES string of the molecule is O[C@@H](c1ccc(Cl)cc1)C1CCN(c2ccccn2)CC1. The van der Waals surface area contributed by atoms with Gasteiger partial charge >= 0.3 is 0 Å². The third kappa shape index (κ3) is 3.36. The van der Waals surface area contributed by atoms with Crippen LogP contribution in [-0.2, 0) is 0 Å². The van der Waals surface area contributed by atoms with Gasteiger partial charge in [0.25, 0.3) is 0 Å². The Morgan fingerprint density at radius 2 is 1.81 bits per heavy atom. The van der Waals surface area contributed by atoms with Crippen LogP contribution in [0, 0.1) is 5.92 Å². The highest BCUT2D eigenvalue weighted by Gasteiger charge is 2.26. The van der Waals surface area contributed by atoms with Crippen LogP contribution < -0.4 is 4.90 Å². The predicted octanol–water partition coefficient (Wildman–Crippen LogP) is 3.69. The van der Waals surface area contributed by atoms with Crippen molar-refractivity contribution in [3.8, 4) is 0 Å². The van der Waals surface area contributed by atoms with Gasteiger partial charge in [0.15, 0.2) is 0 Å². The largest absolute Gasteiger partial charge is 0.388 e. The Morgan fingerprint density at radius 1 is 1.10 bits per heavy atom. The zero-order valence-electron chi connectivity index (χ0n) is 11.8. The topological polar surface area (TPSA) is 36.4 Å². The number of hydrogen-bond donors (Lipinski definition) is 1. The third-order valence-electron chi connectivity index (χ3n) is 4.17. The Bertz CT molecular complexity index is 565. The fraction of sp³-hybridized carbons (Fsp3) is 0.353. The molecule has 1 aliphatic rings. The number of pyridine rings is 1. The Kier molecular flexibility index (Phi) is 4.42. The number of anilines is 1. The van der Waals surface area contributed by atoms with Gasteiger partial charge in [0.2, 0.25) is 0 Å². The summed E-state index contributed by atoms with van der Waals surface area (Å²) in [5, 5.41) is 11.2.